The van der Waals surface area contributed by atoms with Crippen LogP contribution in [0.4, 0.5) is 0 Å². The monoisotopic (exact) mass is 313 g/mol. The van der Waals surface area contributed by atoms with Gasteiger partial charge < -0.3 is 0 Å². The maximum atomic E-state index is 12.0. The van der Waals surface area contributed by atoms with Crippen LogP contribution in [0.3, 0.4) is 0 Å². The second kappa shape index (κ2) is 4.65. The van der Waals surface area contributed by atoms with Crippen molar-refractivity contribution in [3.8, 4) is 0 Å². The summed E-state index contributed by atoms with van der Waals surface area (Å²) in [5, 5.41) is 0. The van der Waals surface area contributed by atoms with Gasteiger partial charge in [0.2, 0.25) is 0 Å². The first-order valence-corrected chi connectivity index (χ1v) is 7.56. The fraction of sp³-hybridized carbons (Fsp3) is 0.462. The zero-order chi connectivity index (χ0) is 12.6. The molecule has 1 aromatic rings. The van der Waals surface area contributed by atoms with E-state index in [4.69, 9.17) is 0 Å². The van der Waals surface area contributed by atoms with Crippen molar-refractivity contribution in [1.82, 2.24) is 0 Å². The van der Waals surface area contributed by atoms with Crippen molar-refractivity contribution in [3.05, 3.63) is 33.8 Å². The fourth-order valence-electron chi connectivity index (χ4n) is 1.75. The van der Waals surface area contributed by atoms with E-state index in [2.05, 4.69) is 32.5 Å². The average Bonchev–Trinajstić information content (AvgIpc) is 2.60. The first kappa shape index (κ1) is 13.0. The highest BCUT2D eigenvalue weighted by molar-refractivity contribution is 9.10. The van der Waals surface area contributed by atoms with E-state index in [0.29, 0.717) is 0 Å². The van der Waals surface area contributed by atoms with E-state index in [9.17, 15) is 4.21 Å². The SMILES string of the molecule is CC(C)(C)S(=O)N=C1CCc2ccc(Br)cc21. The summed E-state index contributed by atoms with van der Waals surface area (Å²) in [4.78, 5) is 0. The number of benzene rings is 1. The number of aryl methyl sites for hydroxylation is 1. The van der Waals surface area contributed by atoms with Gasteiger partial charge in [0, 0.05) is 10.0 Å². The highest BCUT2D eigenvalue weighted by Crippen LogP contribution is 2.27. The smallest absolute Gasteiger partial charge is 0.145 e. The van der Waals surface area contributed by atoms with Crippen LogP contribution in [0.5, 0.6) is 0 Å². The topological polar surface area (TPSA) is 29.4 Å². The lowest BCUT2D eigenvalue weighted by molar-refractivity contribution is 0.650. The normalized spacial score (nSPS) is 19.4. The van der Waals surface area contributed by atoms with Crippen molar-refractivity contribution in [1.29, 1.82) is 0 Å². The first-order chi connectivity index (χ1) is 7.88. The summed E-state index contributed by atoms with van der Waals surface area (Å²) >= 11 is 3.47. The highest BCUT2D eigenvalue weighted by atomic mass is 79.9. The van der Waals surface area contributed by atoms with E-state index < -0.39 is 11.0 Å². The molecule has 0 fully saturated rings. The molecular formula is C13H16BrNOS. The minimum Gasteiger partial charge on any atom is -0.234 e. The molecule has 0 saturated heterocycles. The first-order valence-electron chi connectivity index (χ1n) is 5.66. The quantitative estimate of drug-likeness (QED) is 0.778. The Morgan fingerprint density at radius 2 is 2.00 bits per heavy atom. The minimum absolute atomic E-state index is 0.290. The van der Waals surface area contributed by atoms with Crippen molar-refractivity contribution < 1.29 is 4.21 Å². The molecule has 0 amide bonds. The van der Waals surface area contributed by atoms with Gasteiger partial charge >= 0.3 is 0 Å². The third-order valence-electron chi connectivity index (χ3n) is 2.73. The fourth-order valence-corrected chi connectivity index (χ4v) is 2.78. The largest absolute Gasteiger partial charge is 0.234 e. The molecule has 92 valence electrons. The van der Waals surface area contributed by atoms with Crippen molar-refractivity contribution in [3.63, 3.8) is 0 Å². The molecule has 17 heavy (non-hydrogen) atoms. The van der Waals surface area contributed by atoms with Gasteiger partial charge in [-0.1, -0.05) is 22.0 Å². The molecule has 0 heterocycles. The van der Waals surface area contributed by atoms with Crippen molar-refractivity contribution in [2.24, 2.45) is 4.40 Å². The number of fused-ring (bicyclic) bond motifs is 1. The number of hydrogen-bond acceptors (Lipinski definition) is 1. The summed E-state index contributed by atoms with van der Waals surface area (Å²) in [6, 6.07) is 6.23. The standard InChI is InChI=1S/C13H16BrNOS/c1-13(2,3)17(16)15-12-7-5-9-4-6-10(14)8-11(9)12/h4,6,8H,5,7H2,1-3H3. The predicted octanol–water partition coefficient (Wildman–Crippen LogP) is 3.65. The maximum absolute atomic E-state index is 12.0. The molecule has 1 aromatic carbocycles. The Bertz CT molecular complexity index is 503. The second-order valence-electron chi connectivity index (χ2n) is 5.20. The number of halogens is 1. The molecule has 0 aromatic heterocycles. The van der Waals surface area contributed by atoms with Gasteiger partial charge in [0.25, 0.3) is 0 Å². The zero-order valence-corrected chi connectivity index (χ0v) is 12.7. The molecule has 1 aliphatic rings. The molecule has 0 N–H and O–H groups in total. The van der Waals surface area contributed by atoms with E-state index >= 15 is 0 Å². The Balaban J connectivity index is 2.37. The molecule has 2 rings (SSSR count). The summed E-state index contributed by atoms with van der Waals surface area (Å²) in [6.07, 6.45) is 1.90. The molecule has 4 heteroatoms. The van der Waals surface area contributed by atoms with Crippen molar-refractivity contribution >= 4 is 32.6 Å². The number of rotatable bonds is 1. The lowest BCUT2D eigenvalue weighted by atomic mass is 10.1. The summed E-state index contributed by atoms with van der Waals surface area (Å²) < 4.78 is 17.2. The molecule has 1 unspecified atom stereocenters. The Morgan fingerprint density at radius 1 is 1.29 bits per heavy atom. The summed E-state index contributed by atoms with van der Waals surface area (Å²) in [5.41, 5.74) is 3.43. The average molecular weight is 314 g/mol. The molecule has 1 aliphatic carbocycles. The summed E-state index contributed by atoms with van der Waals surface area (Å²) in [5.74, 6) is 0. The van der Waals surface area contributed by atoms with Crippen LogP contribution in [0.25, 0.3) is 0 Å². The van der Waals surface area contributed by atoms with Crippen LogP contribution in [-0.4, -0.2) is 14.7 Å². The van der Waals surface area contributed by atoms with Gasteiger partial charge in [-0.15, -0.1) is 0 Å². The molecule has 2 nitrogen and oxygen atoms in total. The van der Waals surface area contributed by atoms with Crippen LogP contribution in [0.15, 0.2) is 27.1 Å². The summed E-state index contributed by atoms with van der Waals surface area (Å²) in [7, 11) is -1.17. The third kappa shape index (κ3) is 2.86. The van der Waals surface area contributed by atoms with Gasteiger partial charge in [-0.2, -0.15) is 4.40 Å². The van der Waals surface area contributed by atoms with E-state index in [1.807, 2.05) is 26.8 Å². The van der Waals surface area contributed by atoms with Gasteiger partial charge in [0.15, 0.2) is 0 Å². The van der Waals surface area contributed by atoms with Crippen LogP contribution in [0, 0.1) is 0 Å². The van der Waals surface area contributed by atoms with Gasteiger partial charge in [-0.05, 0) is 51.3 Å². The molecule has 0 aliphatic heterocycles. The molecule has 0 spiro atoms. The Labute approximate surface area is 113 Å². The van der Waals surface area contributed by atoms with E-state index in [1.165, 1.54) is 5.56 Å². The Hall–Kier alpha value is -0.480. The van der Waals surface area contributed by atoms with Crippen LogP contribution >= 0.6 is 15.9 Å². The second-order valence-corrected chi connectivity index (χ2v) is 8.02. The van der Waals surface area contributed by atoms with E-state index in [1.54, 1.807) is 0 Å². The predicted molar refractivity (Wildman–Crippen MR) is 76.9 cm³/mol. The van der Waals surface area contributed by atoms with Crippen LogP contribution < -0.4 is 0 Å². The van der Waals surface area contributed by atoms with E-state index in [-0.39, 0.29) is 4.75 Å². The molecular weight excluding hydrogens is 298 g/mol. The molecule has 0 bridgehead atoms. The maximum Gasteiger partial charge on any atom is 0.145 e. The van der Waals surface area contributed by atoms with Crippen molar-refractivity contribution in [2.45, 2.75) is 38.4 Å². The molecule has 0 saturated carbocycles. The highest BCUT2D eigenvalue weighted by Gasteiger charge is 2.23. The van der Waals surface area contributed by atoms with E-state index in [0.717, 1.165) is 28.6 Å². The number of nitrogens with zero attached hydrogens (tertiary/aromatic N) is 1. The van der Waals surface area contributed by atoms with Gasteiger partial charge in [-0.25, -0.2) is 4.21 Å². The lowest BCUT2D eigenvalue weighted by Crippen LogP contribution is -2.20. The zero-order valence-electron chi connectivity index (χ0n) is 10.3. The third-order valence-corrected chi connectivity index (χ3v) is 4.66. The minimum atomic E-state index is -1.17. The Kier molecular flexibility index (Phi) is 3.55. The molecule has 1 atom stereocenters. The van der Waals surface area contributed by atoms with Crippen LogP contribution in [0.2, 0.25) is 0 Å². The summed E-state index contributed by atoms with van der Waals surface area (Å²) in [6.45, 7) is 5.85. The van der Waals surface area contributed by atoms with Gasteiger partial charge in [-0.3, -0.25) is 0 Å². The van der Waals surface area contributed by atoms with Crippen LogP contribution in [0.1, 0.15) is 38.3 Å². The van der Waals surface area contributed by atoms with Crippen LogP contribution in [-0.2, 0) is 17.4 Å². The van der Waals surface area contributed by atoms with Gasteiger partial charge in [0.1, 0.15) is 11.0 Å². The number of hydrogen-bond donors (Lipinski definition) is 0. The lowest BCUT2D eigenvalue weighted by Gasteiger charge is -2.14. The molecule has 0 radical (unpaired) electrons. The Morgan fingerprint density at radius 3 is 2.65 bits per heavy atom. The van der Waals surface area contributed by atoms with Gasteiger partial charge in [0.05, 0.1) is 10.5 Å². The van der Waals surface area contributed by atoms with Crippen molar-refractivity contribution in [2.75, 3.05) is 0 Å².